The fourth-order valence-electron chi connectivity index (χ4n) is 2.84. The Kier molecular flexibility index (Phi) is 7.14. The summed E-state index contributed by atoms with van der Waals surface area (Å²) in [4.78, 5) is 0. The van der Waals surface area contributed by atoms with Crippen LogP contribution in [-0.2, 0) is 0 Å². The van der Waals surface area contributed by atoms with Gasteiger partial charge >= 0.3 is 0 Å². The fourth-order valence-corrected chi connectivity index (χ4v) is 2.84. The molecule has 0 radical (unpaired) electrons. The zero-order valence-corrected chi connectivity index (χ0v) is 11.8. The van der Waals surface area contributed by atoms with Gasteiger partial charge in [-0.15, -0.1) is 0 Å². The highest BCUT2D eigenvalue weighted by Gasteiger charge is 2.28. The predicted octanol–water partition coefficient (Wildman–Crippen LogP) is 3.49. The summed E-state index contributed by atoms with van der Waals surface area (Å²) in [5, 5.41) is 13.9. The summed E-state index contributed by atoms with van der Waals surface area (Å²) in [6, 6.07) is 0. The molecule has 1 unspecified atom stereocenters. The second-order valence-corrected chi connectivity index (χ2v) is 5.83. The topological polar surface area (TPSA) is 32.3 Å². The van der Waals surface area contributed by atoms with Crippen LogP contribution in [-0.4, -0.2) is 23.8 Å². The summed E-state index contributed by atoms with van der Waals surface area (Å²) in [7, 11) is 0. The van der Waals surface area contributed by atoms with E-state index in [1.807, 2.05) is 0 Å². The molecular weight excluding hydrogens is 210 g/mol. The zero-order chi connectivity index (χ0) is 12.6. The fraction of sp³-hybridized carbons (Fsp3) is 1.00. The molecule has 0 spiro atoms. The highest BCUT2D eigenvalue weighted by molar-refractivity contribution is 4.84. The second kappa shape index (κ2) is 8.10. The van der Waals surface area contributed by atoms with Gasteiger partial charge in [0.05, 0.1) is 5.60 Å². The molecule has 1 fully saturated rings. The van der Waals surface area contributed by atoms with Crippen LogP contribution >= 0.6 is 0 Å². The molecule has 0 saturated heterocycles. The molecule has 0 aromatic heterocycles. The lowest BCUT2D eigenvalue weighted by Crippen LogP contribution is -2.43. The molecular formula is C15H31NO. The number of rotatable bonds is 8. The van der Waals surface area contributed by atoms with E-state index in [0.29, 0.717) is 0 Å². The molecule has 102 valence electrons. The van der Waals surface area contributed by atoms with Crippen LogP contribution in [0.5, 0.6) is 0 Å². The third-order valence-electron chi connectivity index (χ3n) is 4.21. The summed E-state index contributed by atoms with van der Waals surface area (Å²) < 4.78 is 0. The smallest absolute Gasteiger partial charge is 0.0771 e. The molecule has 2 heteroatoms. The van der Waals surface area contributed by atoms with Gasteiger partial charge in [-0.2, -0.15) is 0 Å². The highest BCUT2D eigenvalue weighted by atomic mass is 16.3. The van der Waals surface area contributed by atoms with Crippen LogP contribution in [0.1, 0.15) is 71.6 Å². The zero-order valence-electron chi connectivity index (χ0n) is 11.8. The van der Waals surface area contributed by atoms with Crippen LogP contribution in [0.4, 0.5) is 0 Å². The van der Waals surface area contributed by atoms with Crippen LogP contribution in [0.3, 0.4) is 0 Å². The van der Waals surface area contributed by atoms with Gasteiger partial charge in [-0.1, -0.05) is 52.4 Å². The Morgan fingerprint density at radius 2 is 1.88 bits per heavy atom. The minimum atomic E-state index is -0.401. The van der Waals surface area contributed by atoms with Gasteiger partial charge in [0.1, 0.15) is 0 Å². The third kappa shape index (κ3) is 5.87. The first-order valence-corrected chi connectivity index (χ1v) is 7.63. The maximum atomic E-state index is 10.4. The number of hydrogen-bond acceptors (Lipinski definition) is 2. The van der Waals surface area contributed by atoms with E-state index in [1.165, 1.54) is 44.9 Å². The standard InChI is InChI=1S/C15H31NO/c1-3-5-9-14(4-2)12-16-13-15(17)10-7-6-8-11-15/h14,16-17H,3-13H2,1-2H3. The first-order valence-electron chi connectivity index (χ1n) is 7.63. The molecule has 0 aliphatic heterocycles. The molecule has 2 nitrogen and oxygen atoms in total. The van der Waals surface area contributed by atoms with Gasteiger partial charge in [-0.25, -0.2) is 0 Å². The lowest BCUT2D eigenvalue weighted by atomic mass is 9.85. The Bertz CT molecular complexity index is 187. The Hall–Kier alpha value is -0.0800. The maximum absolute atomic E-state index is 10.4. The SMILES string of the molecule is CCCCC(CC)CNCC1(O)CCCCC1. The number of unbranched alkanes of at least 4 members (excludes halogenated alkanes) is 1. The van der Waals surface area contributed by atoms with Gasteiger partial charge < -0.3 is 10.4 Å². The van der Waals surface area contributed by atoms with Gasteiger partial charge in [-0.3, -0.25) is 0 Å². The number of hydrogen-bond donors (Lipinski definition) is 2. The van der Waals surface area contributed by atoms with Crippen molar-refractivity contribution in [1.29, 1.82) is 0 Å². The lowest BCUT2D eigenvalue weighted by Gasteiger charge is -2.32. The lowest BCUT2D eigenvalue weighted by molar-refractivity contribution is 0.00422. The van der Waals surface area contributed by atoms with E-state index in [0.717, 1.165) is 31.8 Å². The summed E-state index contributed by atoms with van der Waals surface area (Å²) >= 11 is 0. The highest BCUT2D eigenvalue weighted by Crippen LogP contribution is 2.27. The molecule has 2 N–H and O–H groups in total. The summed E-state index contributed by atoms with van der Waals surface area (Å²) in [5.41, 5.74) is -0.401. The first-order chi connectivity index (χ1) is 8.20. The predicted molar refractivity (Wildman–Crippen MR) is 74.2 cm³/mol. The van der Waals surface area contributed by atoms with Crippen molar-refractivity contribution in [3.05, 3.63) is 0 Å². The van der Waals surface area contributed by atoms with Crippen LogP contribution in [0.2, 0.25) is 0 Å². The van der Waals surface area contributed by atoms with Gasteiger partial charge in [-0.05, 0) is 31.7 Å². The average molecular weight is 241 g/mol. The van der Waals surface area contributed by atoms with Crippen molar-refractivity contribution in [2.24, 2.45) is 5.92 Å². The molecule has 1 saturated carbocycles. The van der Waals surface area contributed by atoms with Crippen molar-refractivity contribution in [2.45, 2.75) is 77.2 Å². The second-order valence-electron chi connectivity index (χ2n) is 5.83. The van der Waals surface area contributed by atoms with Gasteiger partial charge in [0.25, 0.3) is 0 Å². The quantitative estimate of drug-likeness (QED) is 0.682. The van der Waals surface area contributed by atoms with Crippen LogP contribution < -0.4 is 5.32 Å². The molecule has 17 heavy (non-hydrogen) atoms. The monoisotopic (exact) mass is 241 g/mol. The maximum Gasteiger partial charge on any atom is 0.0771 e. The summed E-state index contributed by atoms with van der Waals surface area (Å²) in [5.74, 6) is 0.794. The van der Waals surface area contributed by atoms with E-state index in [-0.39, 0.29) is 0 Å². The van der Waals surface area contributed by atoms with Crippen molar-refractivity contribution in [3.63, 3.8) is 0 Å². The van der Waals surface area contributed by atoms with Gasteiger partial charge in [0.15, 0.2) is 0 Å². The van der Waals surface area contributed by atoms with E-state index < -0.39 is 5.60 Å². The molecule has 1 atom stereocenters. The normalized spacial score (nSPS) is 21.4. The Morgan fingerprint density at radius 1 is 1.18 bits per heavy atom. The molecule has 0 aromatic carbocycles. The molecule has 0 aromatic rings. The first kappa shape index (κ1) is 15.0. The van der Waals surface area contributed by atoms with E-state index >= 15 is 0 Å². The van der Waals surface area contributed by atoms with Crippen molar-refractivity contribution in [2.75, 3.05) is 13.1 Å². The molecule has 1 aliphatic rings. The average Bonchev–Trinajstić information content (AvgIpc) is 2.34. The number of nitrogens with one attached hydrogen (secondary N) is 1. The molecule has 0 amide bonds. The van der Waals surface area contributed by atoms with Gasteiger partial charge in [0, 0.05) is 6.54 Å². The Labute approximate surface area is 107 Å². The molecule has 1 aliphatic carbocycles. The minimum Gasteiger partial charge on any atom is -0.389 e. The van der Waals surface area contributed by atoms with Crippen LogP contribution in [0, 0.1) is 5.92 Å². The Morgan fingerprint density at radius 3 is 2.47 bits per heavy atom. The van der Waals surface area contributed by atoms with E-state index in [1.54, 1.807) is 0 Å². The summed E-state index contributed by atoms with van der Waals surface area (Å²) in [6.45, 7) is 6.41. The van der Waals surface area contributed by atoms with Crippen molar-refractivity contribution in [1.82, 2.24) is 5.32 Å². The molecule has 1 rings (SSSR count). The van der Waals surface area contributed by atoms with Crippen molar-refractivity contribution < 1.29 is 5.11 Å². The van der Waals surface area contributed by atoms with Gasteiger partial charge in [0.2, 0.25) is 0 Å². The Balaban J connectivity index is 2.16. The van der Waals surface area contributed by atoms with E-state index in [9.17, 15) is 5.11 Å². The summed E-state index contributed by atoms with van der Waals surface area (Å²) in [6.07, 6.45) is 10.9. The largest absolute Gasteiger partial charge is 0.389 e. The van der Waals surface area contributed by atoms with Crippen LogP contribution in [0.25, 0.3) is 0 Å². The van der Waals surface area contributed by atoms with Crippen molar-refractivity contribution >= 4 is 0 Å². The molecule has 0 heterocycles. The molecule has 0 bridgehead atoms. The number of aliphatic hydroxyl groups is 1. The third-order valence-corrected chi connectivity index (χ3v) is 4.21. The van der Waals surface area contributed by atoms with Crippen LogP contribution in [0.15, 0.2) is 0 Å². The minimum absolute atomic E-state index is 0.401. The van der Waals surface area contributed by atoms with E-state index in [4.69, 9.17) is 0 Å². The van der Waals surface area contributed by atoms with E-state index in [2.05, 4.69) is 19.2 Å². The van der Waals surface area contributed by atoms with Crippen molar-refractivity contribution in [3.8, 4) is 0 Å².